The number of likely N-dealkylation sites (N-methyl/N-ethyl adjacent to an activating group) is 1. The Kier molecular flexibility index (Phi) is 8.39. The van der Waals surface area contributed by atoms with Gasteiger partial charge in [-0.15, -0.1) is 0 Å². The summed E-state index contributed by atoms with van der Waals surface area (Å²) < 4.78 is 10.8. The molecule has 34 heavy (non-hydrogen) atoms. The molecular formula is C25H36N4O5. The number of rotatable bonds is 7. The molecule has 0 radical (unpaired) electrons. The maximum Gasteiger partial charge on any atom is 0.410 e. The first-order chi connectivity index (χ1) is 16.5. The molecule has 9 heteroatoms. The van der Waals surface area contributed by atoms with Crippen LogP contribution in [0.15, 0.2) is 30.3 Å². The van der Waals surface area contributed by atoms with Gasteiger partial charge >= 0.3 is 6.09 Å². The van der Waals surface area contributed by atoms with Crippen LogP contribution in [0.25, 0.3) is 0 Å². The van der Waals surface area contributed by atoms with Crippen molar-refractivity contribution in [3.8, 4) is 0 Å². The molecule has 1 aromatic carbocycles. The minimum atomic E-state index is -0.604. The number of carbonyl (C=O) groups excluding carboxylic acids is 3. The van der Waals surface area contributed by atoms with Crippen LogP contribution in [0.5, 0.6) is 0 Å². The second-order valence-electron chi connectivity index (χ2n) is 9.37. The molecule has 9 nitrogen and oxygen atoms in total. The van der Waals surface area contributed by atoms with Gasteiger partial charge in [0, 0.05) is 45.8 Å². The first kappa shape index (κ1) is 24.5. The molecule has 0 bridgehead atoms. The Bertz CT molecular complexity index is 845. The Balaban J connectivity index is 1.29. The number of likely N-dealkylation sites (tertiary alicyclic amines) is 2. The van der Waals surface area contributed by atoms with Crippen LogP contribution in [0, 0.1) is 0 Å². The van der Waals surface area contributed by atoms with Gasteiger partial charge in [-0.1, -0.05) is 30.3 Å². The number of amides is 3. The highest BCUT2D eigenvalue weighted by Gasteiger charge is 2.37. The zero-order valence-electron chi connectivity index (χ0n) is 20.1. The van der Waals surface area contributed by atoms with Crippen LogP contribution in [0.1, 0.15) is 31.2 Å². The molecule has 3 heterocycles. The summed E-state index contributed by atoms with van der Waals surface area (Å²) in [7, 11) is 1.60. The Morgan fingerprint density at radius 3 is 2.56 bits per heavy atom. The molecule has 186 valence electrons. The van der Waals surface area contributed by atoms with Gasteiger partial charge in [0.15, 0.2) is 0 Å². The topological polar surface area (TPSA) is 82.6 Å². The van der Waals surface area contributed by atoms with Crippen LogP contribution < -0.4 is 0 Å². The largest absolute Gasteiger partial charge is 0.445 e. The van der Waals surface area contributed by atoms with Gasteiger partial charge in [0.05, 0.1) is 19.8 Å². The third-order valence-electron chi connectivity index (χ3n) is 7.06. The van der Waals surface area contributed by atoms with Crippen molar-refractivity contribution in [3.05, 3.63) is 35.9 Å². The summed E-state index contributed by atoms with van der Waals surface area (Å²) in [5.41, 5.74) is 0.892. The molecule has 3 aliphatic rings. The van der Waals surface area contributed by atoms with E-state index in [0.29, 0.717) is 13.0 Å². The maximum atomic E-state index is 13.2. The molecule has 3 saturated heterocycles. The smallest absolute Gasteiger partial charge is 0.410 e. The SMILES string of the molecule is CN(C(=O)OCc1ccccc1)C1CCCN(CC(=O)N2CCC[C@H]2CN2CCOCC2)C1=O. The second-order valence-corrected chi connectivity index (χ2v) is 9.37. The average molecular weight is 473 g/mol. The van der Waals surface area contributed by atoms with E-state index in [0.717, 1.165) is 64.2 Å². The highest BCUT2D eigenvalue weighted by Crippen LogP contribution is 2.22. The van der Waals surface area contributed by atoms with E-state index in [9.17, 15) is 14.4 Å². The molecule has 3 amide bonds. The van der Waals surface area contributed by atoms with Crippen molar-refractivity contribution >= 4 is 17.9 Å². The monoisotopic (exact) mass is 472 g/mol. The predicted molar refractivity (Wildman–Crippen MR) is 126 cm³/mol. The van der Waals surface area contributed by atoms with Crippen molar-refractivity contribution in [1.29, 1.82) is 0 Å². The number of hydrogen-bond acceptors (Lipinski definition) is 6. The Labute approximate surface area is 201 Å². The summed E-state index contributed by atoms with van der Waals surface area (Å²) in [6.45, 7) is 5.66. The molecule has 1 unspecified atom stereocenters. The van der Waals surface area contributed by atoms with Gasteiger partial charge in [-0.25, -0.2) is 4.79 Å². The molecule has 2 atom stereocenters. The number of hydrogen-bond donors (Lipinski definition) is 0. The summed E-state index contributed by atoms with van der Waals surface area (Å²) in [6, 6.07) is 9.04. The minimum absolute atomic E-state index is 0.000864. The fourth-order valence-corrected chi connectivity index (χ4v) is 5.07. The minimum Gasteiger partial charge on any atom is -0.445 e. The van der Waals surface area contributed by atoms with Crippen molar-refractivity contribution in [3.63, 3.8) is 0 Å². The van der Waals surface area contributed by atoms with Crippen molar-refractivity contribution in [1.82, 2.24) is 19.6 Å². The van der Waals surface area contributed by atoms with Crippen molar-refractivity contribution < 1.29 is 23.9 Å². The Morgan fingerprint density at radius 2 is 1.79 bits per heavy atom. The normalized spacial score (nSPS) is 23.7. The first-order valence-electron chi connectivity index (χ1n) is 12.3. The highest BCUT2D eigenvalue weighted by atomic mass is 16.6. The van der Waals surface area contributed by atoms with E-state index in [1.54, 1.807) is 11.9 Å². The maximum absolute atomic E-state index is 13.2. The molecule has 4 rings (SSSR count). The molecule has 0 aromatic heterocycles. The van der Waals surface area contributed by atoms with Crippen LogP contribution in [-0.2, 0) is 25.7 Å². The summed E-state index contributed by atoms with van der Waals surface area (Å²) >= 11 is 0. The number of nitrogens with zero attached hydrogens (tertiary/aromatic N) is 4. The van der Waals surface area contributed by atoms with Crippen LogP contribution in [0.2, 0.25) is 0 Å². The second kappa shape index (κ2) is 11.7. The van der Waals surface area contributed by atoms with Gasteiger partial charge < -0.3 is 19.3 Å². The summed E-state index contributed by atoms with van der Waals surface area (Å²) in [6.07, 6.45) is 2.78. The van der Waals surface area contributed by atoms with E-state index in [1.165, 1.54) is 4.90 Å². The zero-order chi connectivity index (χ0) is 23.9. The highest BCUT2D eigenvalue weighted by molar-refractivity contribution is 5.90. The fraction of sp³-hybridized carbons (Fsp3) is 0.640. The molecule has 1 aromatic rings. The Hall–Kier alpha value is -2.65. The standard InChI is InChI=1S/C25H36N4O5/c1-26(25(32)34-19-20-7-3-2-4-8-20)22-10-6-11-28(24(22)31)18-23(30)29-12-5-9-21(29)17-27-13-15-33-16-14-27/h2-4,7-8,21-22H,5-6,9-19H2,1H3/t21-,22?/m0/s1. The molecule has 3 fully saturated rings. The van der Waals surface area contributed by atoms with E-state index >= 15 is 0 Å². The van der Waals surface area contributed by atoms with Gasteiger partial charge in [-0.3, -0.25) is 19.4 Å². The molecule has 0 saturated carbocycles. The molecule has 0 N–H and O–H groups in total. The Morgan fingerprint density at radius 1 is 1.06 bits per heavy atom. The quantitative estimate of drug-likeness (QED) is 0.599. The van der Waals surface area contributed by atoms with E-state index < -0.39 is 12.1 Å². The van der Waals surface area contributed by atoms with E-state index in [-0.39, 0.29) is 31.0 Å². The molecule has 3 aliphatic heterocycles. The van der Waals surface area contributed by atoms with Gasteiger partial charge in [0.1, 0.15) is 12.6 Å². The fourth-order valence-electron chi connectivity index (χ4n) is 5.07. The molecule has 0 aliphatic carbocycles. The number of piperidine rings is 1. The lowest BCUT2D eigenvalue weighted by molar-refractivity contribution is -0.146. The molecular weight excluding hydrogens is 436 g/mol. The lowest BCUT2D eigenvalue weighted by Crippen LogP contribution is -2.56. The summed E-state index contributed by atoms with van der Waals surface area (Å²) in [5, 5.41) is 0. The van der Waals surface area contributed by atoms with Crippen LogP contribution >= 0.6 is 0 Å². The summed E-state index contributed by atoms with van der Waals surface area (Å²) in [5.74, 6) is -0.179. The van der Waals surface area contributed by atoms with Crippen molar-refractivity contribution in [2.24, 2.45) is 0 Å². The van der Waals surface area contributed by atoms with Crippen LogP contribution in [-0.4, -0.2) is 109 Å². The lowest BCUT2D eigenvalue weighted by Gasteiger charge is -2.37. The van der Waals surface area contributed by atoms with Crippen LogP contribution in [0.3, 0.4) is 0 Å². The third-order valence-corrected chi connectivity index (χ3v) is 7.06. The van der Waals surface area contributed by atoms with E-state index in [4.69, 9.17) is 9.47 Å². The van der Waals surface area contributed by atoms with Crippen molar-refractivity contribution in [2.45, 2.75) is 44.4 Å². The lowest BCUT2D eigenvalue weighted by atomic mass is 10.0. The number of carbonyl (C=O) groups is 3. The van der Waals surface area contributed by atoms with Gasteiger partial charge in [0.25, 0.3) is 0 Å². The van der Waals surface area contributed by atoms with Gasteiger partial charge in [-0.05, 0) is 31.2 Å². The van der Waals surface area contributed by atoms with Crippen molar-refractivity contribution in [2.75, 3.05) is 59.5 Å². The van der Waals surface area contributed by atoms with Gasteiger partial charge in [-0.2, -0.15) is 0 Å². The first-order valence-corrected chi connectivity index (χ1v) is 12.3. The van der Waals surface area contributed by atoms with E-state index in [2.05, 4.69) is 4.90 Å². The number of ether oxygens (including phenoxy) is 2. The summed E-state index contributed by atoms with van der Waals surface area (Å²) in [4.78, 5) is 46.2. The zero-order valence-corrected chi connectivity index (χ0v) is 20.1. The average Bonchev–Trinajstić information content (AvgIpc) is 3.33. The molecule has 0 spiro atoms. The van der Waals surface area contributed by atoms with Crippen LogP contribution in [0.4, 0.5) is 4.79 Å². The third kappa shape index (κ3) is 6.07. The van der Waals surface area contributed by atoms with Gasteiger partial charge in [0.2, 0.25) is 11.8 Å². The predicted octanol–water partition coefficient (Wildman–Crippen LogP) is 1.57. The van der Waals surface area contributed by atoms with E-state index in [1.807, 2.05) is 35.2 Å². The number of morpholine rings is 1. The number of benzene rings is 1.